The van der Waals surface area contributed by atoms with E-state index >= 15 is 0 Å². The Kier molecular flexibility index (Phi) is 4.56. The van der Waals surface area contributed by atoms with Crippen LogP contribution in [0.25, 0.3) is 55.0 Å². The fourth-order valence-electron chi connectivity index (χ4n) is 5.11. The second-order valence-corrected chi connectivity index (χ2v) is 8.30. The molecule has 0 N–H and O–H groups in total. The van der Waals surface area contributed by atoms with E-state index in [0.717, 1.165) is 39.7 Å². The van der Waals surface area contributed by atoms with Crippen molar-refractivity contribution in [1.82, 2.24) is 9.13 Å². The first-order valence-electron chi connectivity index (χ1n) is 11.2. The summed E-state index contributed by atoms with van der Waals surface area (Å²) in [5, 5.41) is 4.74. The van der Waals surface area contributed by atoms with Crippen molar-refractivity contribution in [3.8, 4) is 5.69 Å². The molecular weight excluding hydrogens is 416 g/mol. The van der Waals surface area contributed by atoms with E-state index in [4.69, 9.17) is 0 Å². The number of benzene rings is 4. The lowest BCUT2D eigenvalue weighted by molar-refractivity contribution is 0.112. The molecule has 2 heterocycles. The molecule has 0 radical (unpaired) electrons. The number of hydrogen-bond donors (Lipinski definition) is 0. The van der Waals surface area contributed by atoms with Crippen molar-refractivity contribution in [2.24, 2.45) is 0 Å². The summed E-state index contributed by atoms with van der Waals surface area (Å²) in [5.74, 6) is 0. The summed E-state index contributed by atoms with van der Waals surface area (Å²) in [5.41, 5.74) is 7.16. The minimum atomic E-state index is 0.663. The number of carbonyl (C=O) groups excluding carboxylic acids is 1. The molecule has 0 atom stereocenters. The zero-order valence-electron chi connectivity index (χ0n) is 18.6. The summed E-state index contributed by atoms with van der Waals surface area (Å²) >= 11 is 0. The number of carbonyl (C=O) groups is 1. The minimum absolute atomic E-state index is 0.663. The van der Waals surface area contributed by atoms with Gasteiger partial charge >= 0.3 is 0 Å². The highest BCUT2D eigenvalue weighted by Gasteiger charge is 2.20. The van der Waals surface area contributed by atoms with Gasteiger partial charge in [0.15, 0.2) is 0 Å². The zero-order valence-corrected chi connectivity index (χ0v) is 18.6. The van der Waals surface area contributed by atoms with E-state index in [1.54, 1.807) is 6.08 Å². The topological polar surface area (TPSA) is 26.9 Å². The maximum atomic E-state index is 11.3. The first-order valence-corrected chi connectivity index (χ1v) is 11.2. The summed E-state index contributed by atoms with van der Waals surface area (Å²) in [4.78, 5) is 11.3. The van der Waals surface area contributed by atoms with Crippen LogP contribution in [-0.2, 0) is 0 Å². The number of hydrogen-bond acceptors (Lipinski definition) is 1. The van der Waals surface area contributed by atoms with Crippen LogP contribution in [0, 0.1) is 0 Å². The van der Waals surface area contributed by atoms with Crippen LogP contribution < -0.4 is 0 Å². The molecule has 0 amide bonds. The molecular formula is C31H22N2O. The molecule has 0 unspecified atom stereocenters. The van der Waals surface area contributed by atoms with Crippen molar-refractivity contribution in [3.05, 3.63) is 122 Å². The molecule has 4 aromatic carbocycles. The Morgan fingerprint density at radius 1 is 0.706 bits per heavy atom. The Labute approximate surface area is 197 Å². The summed E-state index contributed by atoms with van der Waals surface area (Å²) < 4.78 is 4.56. The third-order valence-corrected chi connectivity index (χ3v) is 6.51. The van der Waals surface area contributed by atoms with E-state index in [9.17, 15) is 4.79 Å². The molecule has 0 saturated heterocycles. The van der Waals surface area contributed by atoms with Crippen molar-refractivity contribution >= 4 is 55.6 Å². The lowest BCUT2D eigenvalue weighted by atomic mass is 10.1. The standard InChI is InChI=1S/C31H22N2O/c1-3-9-22(4-2)32-28-13-8-6-11-26(28)30-29(32)19-18-25-24-10-5-7-12-27(24)33(31(25)30)23-16-14-21(20-34)15-17-23/h3-20H,1-2H2/b22-9+. The summed E-state index contributed by atoms with van der Waals surface area (Å²) in [6.07, 6.45) is 6.52. The van der Waals surface area contributed by atoms with E-state index in [0.29, 0.717) is 5.56 Å². The van der Waals surface area contributed by atoms with Gasteiger partial charge in [0.2, 0.25) is 0 Å². The van der Waals surface area contributed by atoms with E-state index in [-0.39, 0.29) is 0 Å². The molecule has 162 valence electrons. The average Bonchev–Trinajstić information content (AvgIpc) is 3.40. The van der Waals surface area contributed by atoms with Crippen molar-refractivity contribution in [3.63, 3.8) is 0 Å². The molecule has 0 aliphatic heterocycles. The van der Waals surface area contributed by atoms with Crippen LogP contribution in [0.2, 0.25) is 0 Å². The summed E-state index contributed by atoms with van der Waals surface area (Å²) in [7, 11) is 0. The lowest BCUT2D eigenvalue weighted by Crippen LogP contribution is -1.96. The Morgan fingerprint density at radius 2 is 1.41 bits per heavy atom. The predicted molar refractivity (Wildman–Crippen MR) is 144 cm³/mol. The minimum Gasteiger partial charge on any atom is -0.309 e. The van der Waals surface area contributed by atoms with Gasteiger partial charge < -0.3 is 9.13 Å². The second kappa shape index (κ2) is 7.75. The van der Waals surface area contributed by atoms with Gasteiger partial charge in [-0.25, -0.2) is 0 Å². The number of aromatic nitrogens is 2. The largest absolute Gasteiger partial charge is 0.309 e. The zero-order chi connectivity index (χ0) is 23.2. The molecule has 0 spiro atoms. The van der Waals surface area contributed by atoms with Gasteiger partial charge in [0.05, 0.1) is 22.1 Å². The molecule has 3 heteroatoms. The van der Waals surface area contributed by atoms with E-state index in [2.05, 4.69) is 83.0 Å². The van der Waals surface area contributed by atoms with E-state index in [1.807, 2.05) is 36.4 Å². The van der Waals surface area contributed by atoms with Crippen LogP contribution in [0.5, 0.6) is 0 Å². The summed E-state index contributed by atoms with van der Waals surface area (Å²) in [6.45, 7) is 7.96. The first kappa shape index (κ1) is 20.0. The molecule has 6 rings (SSSR count). The van der Waals surface area contributed by atoms with Gasteiger partial charge in [0.25, 0.3) is 0 Å². The third-order valence-electron chi connectivity index (χ3n) is 6.51. The number of allylic oxidation sites excluding steroid dienone is 4. The first-order chi connectivity index (χ1) is 16.8. The van der Waals surface area contributed by atoms with Gasteiger partial charge in [-0.2, -0.15) is 0 Å². The normalized spacial score (nSPS) is 12.1. The average molecular weight is 439 g/mol. The van der Waals surface area contributed by atoms with Gasteiger partial charge in [-0.05, 0) is 54.6 Å². The Balaban J connectivity index is 1.87. The highest BCUT2D eigenvalue weighted by atomic mass is 16.1. The maximum absolute atomic E-state index is 11.3. The van der Waals surface area contributed by atoms with E-state index in [1.165, 1.54) is 21.5 Å². The van der Waals surface area contributed by atoms with Gasteiger partial charge in [-0.3, -0.25) is 4.79 Å². The molecule has 34 heavy (non-hydrogen) atoms. The smallest absolute Gasteiger partial charge is 0.150 e. The Bertz CT molecular complexity index is 1790. The molecule has 0 bridgehead atoms. The monoisotopic (exact) mass is 438 g/mol. The second-order valence-electron chi connectivity index (χ2n) is 8.30. The van der Waals surface area contributed by atoms with E-state index < -0.39 is 0 Å². The third kappa shape index (κ3) is 2.74. The number of rotatable bonds is 5. The van der Waals surface area contributed by atoms with Gasteiger partial charge in [0, 0.05) is 38.5 Å². The quantitative estimate of drug-likeness (QED) is 0.198. The van der Waals surface area contributed by atoms with Crippen LogP contribution in [0.4, 0.5) is 0 Å². The van der Waals surface area contributed by atoms with Gasteiger partial charge in [-0.1, -0.05) is 61.7 Å². The predicted octanol–water partition coefficient (Wildman–Crippen LogP) is 7.92. The van der Waals surface area contributed by atoms with Gasteiger partial charge in [0.1, 0.15) is 6.29 Å². The van der Waals surface area contributed by atoms with Crippen molar-refractivity contribution < 1.29 is 4.79 Å². The number of aldehydes is 1. The fraction of sp³-hybridized carbons (Fsp3) is 0. The molecule has 3 nitrogen and oxygen atoms in total. The molecule has 0 fully saturated rings. The summed E-state index contributed by atoms with van der Waals surface area (Å²) in [6, 6.07) is 29.1. The van der Waals surface area contributed by atoms with Crippen LogP contribution in [0.15, 0.2) is 116 Å². The van der Waals surface area contributed by atoms with Gasteiger partial charge in [-0.15, -0.1) is 0 Å². The molecule has 0 saturated carbocycles. The lowest BCUT2D eigenvalue weighted by Gasteiger charge is -2.10. The Hall–Kier alpha value is -4.63. The molecule has 0 aliphatic carbocycles. The SMILES string of the molecule is C=C/C=C(\C=C)n1c2ccccc2c2c1ccc1c3ccccc3n(-c3ccc(C=O)cc3)c12. The Morgan fingerprint density at radius 3 is 2.12 bits per heavy atom. The molecule has 6 aromatic rings. The highest BCUT2D eigenvalue weighted by Crippen LogP contribution is 2.41. The number of para-hydroxylation sites is 2. The van der Waals surface area contributed by atoms with Crippen molar-refractivity contribution in [2.45, 2.75) is 0 Å². The van der Waals surface area contributed by atoms with Crippen LogP contribution >= 0.6 is 0 Å². The number of nitrogens with zero attached hydrogens (tertiary/aromatic N) is 2. The highest BCUT2D eigenvalue weighted by molar-refractivity contribution is 6.26. The fourth-order valence-corrected chi connectivity index (χ4v) is 5.11. The van der Waals surface area contributed by atoms with Crippen LogP contribution in [0.1, 0.15) is 10.4 Å². The van der Waals surface area contributed by atoms with Crippen molar-refractivity contribution in [1.29, 1.82) is 0 Å². The molecule has 0 aliphatic rings. The van der Waals surface area contributed by atoms with Crippen LogP contribution in [-0.4, -0.2) is 15.4 Å². The maximum Gasteiger partial charge on any atom is 0.150 e. The number of fused-ring (bicyclic) bond motifs is 7. The van der Waals surface area contributed by atoms with Crippen molar-refractivity contribution in [2.75, 3.05) is 0 Å². The van der Waals surface area contributed by atoms with Crippen LogP contribution in [0.3, 0.4) is 0 Å². The molecule has 2 aromatic heterocycles.